The van der Waals surface area contributed by atoms with Crippen LogP contribution in [0.3, 0.4) is 0 Å². The number of nitrogens with zero attached hydrogens (tertiary/aromatic N) is 2. The summed E-state index contributed by atoms with van der Waals surface area (Å²) in [4.78, 5) is 11.6. The number of hydrogen-bond acceptors (Lipinski definition) is 2. The van der Waals surface area contributed by atoms with Crippen molar-refractivity contribution in [3.63, 3.8) is 0 Å². The number of aromatic nitrogens is 2. The molecular weight excluding hydrogens is 231 g/mol. The van der Waals surface area contributed by atoms with E-state index in [1.54, 1.807) is 6.20 Å². The van der Waals surface area contributed by atoms with Crippen LogP contribution in [-0.4, -0.2) is 15.6 Å². The van der Waals surface area contributed by atoms with E-state index in [0.717, 1.165) is 17.8 Å². The zero-order chi connectivity index (χ0) is 13.3. The molecule has 0 amide bonds. The van der Waals surface area contributed by atoms with Crippen LogP contribution in [0.2, 0.25) is 0 Å². The van der Waals surface area contributed by atoms with Crippen molar-refractivity contribution in [2.45, 2.75) is 27.3 Å². The highest BCUT2D eigenvalue weighted by Gasteiger charge is 2.15. The molecule has 0 spiro atoms. The Labute approximate surface area is 105 Å². The molecule has 0 unspecified atom stereocenters. The first-order chi connectivity index (χ1) is 8.54. The predicted molar refractivity (Wildman–Crippen MR) is 68.0 cm³/mol. The molecule has 0 N–H and O–H groups in total. The summed E-state index contributed by atoms with van der Waals surface area (Å²) in [7, 11) is 0. The minimum atomic E-state index is -0.348. The molecule has 0 atom stereocenters. The van der Waals surface area contributed by atoms with Gasteiger partial charge in [-0.1, -0.05) is 0 Å². The Morgan fingerprint density at radius 1 is 1.39 bits per heavy atom. The van der Waals surface area contributed by atoms with Crippen molar-refractivity contribution in [3.05, 3.63) is 41.5 Å². The van der Waals surface area contributed by atoms with Crippen LogP contribution < -0.4 is 0 Å². The van der Waals surface area contributed by atoms with Crippen molar-refractivity contribution in [1.82, 2.24) is 9.78 Å². The van der Waals surface area contributed by atoms with Crippen molar-refractivity contribution in [3.8, 4) is 11.1 Å². The monoisotopic (exact) mass is 246 g/mol. The molecule has 0 aliphatic heterocycles. The van der Waals surface area contributed by atoms with Crippen LogP contribution in [0.15, 0.2) is 24.4 Å². The molecule has 0 saturated carbocycles. The van der Waals surface area contributed by atoms with Crippen LogP contribution in [0.25, 0.3) is 11.1 Å². The second-order valence-corrected chi connectivity index (χ2v) is 4.21. The largest absolute Gasteiger partial charge is 0.294 e. The van der Waals surface area contributed by atoms with E-state index in [9.17, 15) is 9.18 Å². The molecule has 0 fully saturated rings. The lowest BCUT2D eigenvalue weighted by atomic mass is 9.98. The molecule has 2 aromatic rings. The van der Waals surface area contributed by atoms with Gasteiger partial charge >= 0.3 is 0 Å². The average molecular weight is 246 g/mol. The lowest BCUT2D eigenvalue weighted by Gasteiger charge is -2.07. The molecule has 94 valence electrons. The molecule has 0 radical (unpaired) electrons. The summed E-state index contributed by atoms with van der Waals surface area (Å²) in [6, 6.07) is 4.22. The van der Waals surface area contributed by atoms with Crippen molar-refractivity contribution < 1.29 is 9.18 Å². The second-order valence-electron chi connectivity index (χ2n) is 4.21. The predicted octanol–water partition coefficient (Wildman–Crippen LogP) is 3.22. The third-order valence-electron chi connectivity index (χ3n) is 3.05. The normalized spacial score (nSPS) is 10.7. The molecule has 4 heteroatoms. The zero-order valence-electron chi connectivity index (χ0n) is 10.7. The number of carbonyl (C=O) groups is 1. The first kappa shape index (κ1) is 12.5. The van der Waals surface area contributed by atoms with Gasteiger partial charge in [-0.15, -0.1) is 0 Å². The Bertz CT molecular complexity index is 602. The van der Waals surface area contributed by atoms with Crippen molar-refractivity contribution in [2.24, 2.45) is 0 Å². The first-order valence-corrected chi connectivity index (χ1v) is 5.87. The summed E-state index contributed by atoms with van der Waals surface area (Å²) in [6.45, 7) is 6.13. The minimum absolute atomic E-state index is 0.0753. The van der Waals surface area contributed by atoms with Gasteiger partial charge in [0.2, 0.25) is 0 Å². The highest BCUT2D eigenvalue weighted by atomic mass is 19.1. The Balaban J connectivity index is 2.65. The van der Waals surface area contributed by atoms with Crippen LogP contribution in [0.4, 0.5) is 4.39 Å². The molecular formula is C14H15FN2O. The fourth-order valence-electron chi connectivity index (χ4n) is 2.08. The first-order valence-electron chi connectivity index (χ1n) is 5.87. The molecule has 0 aliphatic carbocycles. The Morgan fingerprint density at radius 2 is 2.11 bits per heavy atom. The quantitative estimate of drug-likeness (QED) is 0.779. The second kappa shape index (κ2) is 4.72. The van der Waals surface area contributed by atoms with Gasteiger partial charge in [0.1, 0.15) is 5.82 Å². The maximum Gasteiger partial charge on any atom is 0.160 e. The Hall–Kier alpha value is -1.97. The van der Waals surface area contributed by atoms with Gasteiger partial charge in [0.25, 0.3) is 0 Å². The molecule has 0 aliphatic rings. The SMILES string of the molecule is CCn1ncc(-c2cc(F)ccc2C(C)=O)c1C. The van der Waals surface area contributed by atoms with Gasteiger partial charge in [0.15, 0.2) is 5.78 Å². The fraction of sp³-hybridized carbons (Fsp3) is 0.286. The summed E-state index contributed by atoms with van der Waals surface area (Å²) in [5.74, 6) is -0.424. The van der Waals surface area contributed by atoms with Gasteiger partial charge in [0.05, 0.1) is 6.20 Å². The third-order valence-corrected chi connectivity index (χ3v) is 3.05. The van der Waals surface area contributed by atoms with Crippen LogP contribution >= 0.6 is 0 Å². The van der Waals surface area contributed by atoms with Crippen LogP contribution in [-0.2, 0) is 6.54 Å². The summed E-state index contributed by atoms with van der Waals surface area (Å²) < 4.78 is 15.2. The number of ketones is 1. The topological polar surface area (TPSA) is 34.9 Å². The van der Waals surface area contributed by atoms with E-state index in [2.05, 4.69) is 5.10 Å². The number of Topliss-reactive ketones (excluding diaryl/α,β-unsaturated/α-hetero) is 1. The van der Waals surface area contributed by atoms with Crippen LogP contribution in [0.1, 0.15) is 29.9 Å². The molecule has 18 heavy (non-hydrogen) atoms. The third kappa shape index (κ3) is 2.06. The van der Waals surface area contributed by atoms with E-state index < -0.39 is 0 Å². The molecule has 1 heterocycles. The summed E-state index contributed by atoms with van der Waals surface area (Å²) in [6.07, 6.45) is 1.68. The van der Waals surface area contributed by atoms with Crippen molar-refractivity contribution in [1.29, 1.82) is 0 Å². The highest BCUT2D eigenvalue weighted by Crippen LogP contribution is 2.28. The number of rotatable bonds is 3. The molecule has 1 aromatic heterocycles. The Kier molecular flexibility index (Phi) is 3.28. The van der Waals surface area contributed by atoms with Gasteiger partial charge < -0.3 is 0 Å². The van der Waals surface area contributed by atoms with E-state index in [-0.39, 0.29) is 11.6 Å². The lowest BCUT2D eigenvalue weighted by molar-refractivity contribution is 0.101. The average Bonchev–Trinajstić information content (AvgIpc) is 2.69. The number of aryl methyl sites for hydroxylation is 1. The molecule has 3 nitrogen and oxygen atoms in total. The van der Waals surface area contributed by atoms with Crippen molar-refractivity contribution in [2.75, 3.05) is 0 Å². The number of benzene rings is 1. The molecule has 1 aromatic carbocycles. The van der Waals surface area contributed by atoms with E-state index in [1.165, 1.54) is 25.1 Å². The summed E-state index contributed by atoms with van der Waals surface area (Å²) >= 11 is 0. The van der Waals surface area contributed by atoms with Gasteiger partial charge in [-0.25, -0.2) is 4.39 Å². The van der Waals surface area contributed by atoms with E-state index in [0.29, 0.717) is 11.1 Å². The van der Waals surface area contributed by atoms with Gasteiger partial charge in [-0.2, -0.15) is 5.10 Å². The summed E-state index contributed by atoms with van der Waals surface area (Å²) in [5, 5.41) is 4.22. The highest BCUT2D eigenvalue weighted by molar-refractivity contribution is 6.01. The van der Waals surface area contributed by atoms with Gasteiger partial charge in [-0.05, 0) is 44.5 Å². The van der Waals surface area contributed by atoms with Crippen molar-refractivity contribution >= 4 is 5.78 Å². The van der Waals surface area contributed by atoms with E-state index >= 15 is 0 Å². The summed E-state index contributed by atoms with van der Waals surface area (Å²) in [5.41, 5.74) is 2.88. The molecule has 0 bridgehead atoms. The number of halogens is 1. The number of hydrogen-bond donors (Lipinski definition) is 0. The van der Waals surface area contributed by atoms with Crippen LogP contribution in [0, 0.1) is 12.7 Å². The van der Waals surface area contributed by atoms with E-state index in [1.807, 2.05) is 18.5 Å². The minimum Gasteiger partial charge on any atom is -0.294 e. The smallest absolute Gasteiger partial charge is 0.160 e. The maximum absolute atomic E-state index is 13.4. The number of carbonyl (C=O) groups excluding carboxylic acids is 1. The Morgan fingerprint density at radius 3 is 2.67 bits per heavy atom. The fourth-order valence-corrected chi connectivity index (χ4v) is 2.08. The lowest BCUT2D eigenvalue weighted by Crippen LogP contribution is -2.00. The maximum atomic E-state index is 13.4. The molecule has 2 rings (SSSR count). The van der Waals surface area contributed by atoms with Crippen LogP contribution in [0.5, 0.6) is 0 Å². The standard InChI is InChI=1S/C14H15FN2O/c1-4-17-9(2)14(8-16-17)13-7-11(15)5-6-12(13)10(3)18/h5-8H,4H2,1-3H3. The van der Waals surface area contributed by atoms with Gasteiger partial charge in [0, 0.05) is 23.4 Å². The molecule has 0 saturated heterocycles. The van der Waals surface area contributed by atoms with Gasteiger partial charge in [-0.3, -0.25) is 9.48 Å². The zero-order valence-corrected chi connectivity index (χ0v) is 10.7. The van der Waals surface area contributed by atoms with E-state index in [4.69, 9.17) is 0 Å².